The highest BCUT2D eigenvalue weighted by Crippen LogP contribution is 2.46. The van der Waals surface area contributed by atoms with Crippen LogP contribution in [0.15, 0.2) is 103 Å². The number of hydrogen-bond acceptors (Lipinski definition) is 4. The Morgan fingerprint density at radius 3 is 1.98 bits per heavy atom. The highest BCUT2D eigenvalue weighted by Gasteiger charge is 2.38. The summed E-state index contributed by atoms with van der Waals surface area (Å²) < 4.78 is 11.4. The Kier molecular flexibility index (Phi) is 8.12. The molecule has 0 saturated carbocycles. The minimum Gasteiger partial charge on any atom is -0.457 e. The molecular weight excluding hydrogens is 508 g/mol. The summed E-state index contributed by atoms with van der Waals surface area (Å²) >= 11 is 0. The number of esters is 2. The molecule has 0 radical (unpaired) electrons. The van der Waals surface area contributed by atoms with Crippen molar-refractivity contribution >= 4 is 11.9 Å². The largest absolute Gasteiger partial charge is 0.457 e. The topological polar surface area (TPSA) is 52.6 Å². The molecule has 1 aliphatic rings. The Balaban J connectivity index is 1.35. The van der Waals surface area contributed by atoms with Crippen LogP contribution in [-0.4, -0.2) is 11.9 Å². The molecule has 210 valence electrons. The zero-order valence-corrected chi connectivity index (χ0v) is 24.4. The molecule has 1 unspecified atom stereocenters. The van der Waals surface area contributed by atoms with Crippen LogP contribution in [0.25, 0.3) is 0 Å². The average Bonchev–Trinajstić information content (AvgIpc) is 2.98. The molecule has 4 nitrogen and oxygen atoms in total. The molecule has 4 aromatic rings. The van der Waals surface area contributed by atoms with Crippen LogP contribution in [0.4, 0.5) is 0 Å². The molecule has 4 heteroatoms. The summed E-state index contributed by atoms with van der Waals surface area (Å²) in [5, 5.41) is 0. The van der Waals surface area contributed by atoms with Crippen molar-refractivity contribution in [3.63, 3.8) is 0 Å². The first-order valence-corrected chi connectivity index (χ1v) is 14.3. The van der Waals surface area contributed by atoms with E-state index in [-0.39, 0.29) is 29.4 Å². The lowest BCUT2D eigenvalue weighted by atomic mass is 9.62. The number of fused-ring (bicyclic) bond motifs is 1. The average molecular weight is 547 g/mol. The minimum absolute atomic E-state index is 0.0435. The fourth-order valence-corrected chi connectivity index (χ4v) is 5.66. The number of carbonyl (C=O) groups is 2. The van der Waals surface area contributed by atoms with Gasteiger partial charge in [-0.25, -0.2) is 4.79 Å². The lowest BCUT2D eigenvalue weighted by molar-refractivity contribution is -0.136. The van der Waals surface area contributed by atoms with Crippen molar-refractivity contribution in [3.8, 4) is 5.75 Å². The van der Waals surface area contributed by atoms with Gasteiger partial charge in [0.1, 0.15) is 12.4 Å². The van der Waals surface area contributed by atoms with E-state index in [1.165, 1.54) is 11.1 Å². The van der Waals surface area contributed by atoms with Crippen molar-refractivity contribution in [2.75, 3.05) is 0 Å². The van der Waals surface area contributed by atoms with E-state index < -0.39 is 5.92 Å². The maximum atomic E-state index is 13.7. The quantitative estimate of drug-likeness (QED) is 0.165. The molecule has 0 bridgehead atoms. The van der Waals surface area contributed by atoms with Gasteiger partial charge in [-0.05, 0) is 82.2 Å². The first-order valence-electron chi connectivity index (χ1n) is 14.3. The van der Waals surface area contributed by atoms with E-state index in [1.807, 2.05) is 36.4 Å². The number of carbonyl (C=O) groups excluding carboxylic acids is 2. The van der Waals surface area contributed by atoms with Gasteiger partial charge in [0.25, 0.3) is 0 Å². The number of ether oxygens (including phenoxy) is 2. The standard InChI is InChI=1S/C37H38O4/c1-36(2)21-22-37(3,4)33-24-29(17-20-32(33)36)31(23-26-11-7-5-8-12-26)35(39)41-30-18-15-27(16-19-30)25-40-34(38)28-13-9-6-10-14-28/h5-20,24,31H,21-23,25H2,1-4H3. The second-order valence-corrected chi connectivity index (χ2v) is 12.3. The maximum absolute atomic E-state index is 13.7. The molecule has 0 spiro atoms. The van der Waals surface area contributed by atoms with Gasteiger partial charge in [-0.2, -0.15) is 0 Å². The normalized spacial score (nSPS) is 15.8. The van der Waals surface area contributed by atoms with E-state index in [9.17, 15) is 9.59 Å². The Bertz CT molecular complexity index is 1500. The Morgan fingerprint density at radius 1 is 0.707 bits per heavy atom. The first kappa shape index (κ1) is 28.4. The third-order valence-corrected chi connectivity index (χ3v) is 8.37. The van der Waals surface area contributed by atoms with Gasteiger partial charge in [0.15, 0.2) is 0 Å². The van der Waals surface area contributed by atoms with Crippen molar-refractivity contribution in [2.24, 2.45) is 0 Å². The summed E-state index contributed by atoms with van der Waals surface area (Å²) in [6.45, 7) is 9.35. The third kappa shape index (κ3) is 6.59. The van der Waals surface area contributed by atoms with Crippen LogP contribution in [0.1, 0.15) is 84.6 Å². The van der Waals surface area contributed by atoms with Crippen LogP contribution in [0.2, 0.25) is 0 Å². The Morgan fingerprint density at radius 2 is 1.32 bits per heavy atom. The monoisotopic (exact) mass is 546 g/mol. The van der Waals surface area contributed by atoms with E-state index >= 15 is 0 Å². The van der Waals surface area contributed by atoms with Gasteiger partial charge in [0.05, 0.1) is 11.5 Å². The van der Waals surface area contributed by atoms with Crippen molar-refractivity contribution in [3.05, 3.63) is 137 Å². The number of rotatable bonds is 8. The molecule has 0 fully saturated rings. The summed E-state index contributed by atoms with van der Waals surface area (Å²) in [6, 6.07) is 32.7. The van der Waals surface area contributed by atoms with Crippen molar-refractivity contribution < 1.29 is 19.1 Å². The van der Waals surface area contributed by atoms with E-state index in [1.54, 1.807) is 36.4 Å². The third-order valence-electron chi connectivity index (χ3n) is 8.37. The summed E-state index contributed by atoms with van der Waals surface area (Å²) in [5.74, 6) is -0.646. The van der Waals surface area contributed by atoms with Gasteiger partial charge >= 0.3 is 11.9 Å². The van der Waals surface area contributed by atoms with Crippen LogP contribution < -0.4 is 4.74 Å². The molecule has 0 amide bonds. The fourth-order valence-electron chi connectivity index (χ4n) is 5.66. The molecule has 41 heavy (non-hydrogen) atoms. The van der Waals surface area contributed by atoms with Crippen molar-refractivity contribution in [2.45, 2.75) is 70.3 Å². The Hall–Kier alpha value is -4.18. The molecule has 0 aromatic heterocycles. The molecular formula is C37H38O4. The van der Waals surface area contributed by atoms with Gasteiger partial charge in [0.2, 0.25) is 0 Å². The predicted molar refractivity (Wildman–Crippen MR) is 162 cm³/mol. The lowest BCUT2D eigenvalue weighted by Gasteiger charge is -2.42. The molecule has 4 aromatic carbocycles. The molecule has 0 aliphatic heterocycles. The highest BCUT2D eigenvalue weighted by molar-refractivity contribution is 5.89. The number of benzene rings is 4. The Labute approximate surface area is 243 Å². The van der Waals surface area contributed by atoms with E-state index in [0.29, 0.717) is 17.7 Å². The fraction of sp³-hybridized carbons (Fsp3) is 0.297. The SMILES string of the molecule is CC1(C)CCC(C)(C)c2cc(C(Cc3ccccc3)C(=O)Oc3ccc(COC(=O)c4ccccc4)cc3)ccc21. The summed E-state index contributed by atoms with van der Waals surface area (Å²) in [7, 11) is 0. The second kappa shape index (κ2) is 11.7. The van der Waals surface area contributed by atoms with Crippen LogP contribution in [0.5, 0.6) is 5.75 Å². The molecule has 1 aliphatic carbocycles. The van der Waals surface area contributed by atoms with Crippen molar-refractivity contribution in [1.82, 2.24) is 0 Å². The maximum Gasteiger partial charge on any atom is 0.338 e. The van der Waals surface area contributed by atoms with E-state index in [4.69, 9.17) is 9.47 Å². The smallest absolute Gasteiger partial charge is 0.338 e. The van der Waals surface area contributed by atoms with E-state index in [2.05, 4.69) is 58.0 Å². The van der Waals surface area contributed by atoms with E-state index in [0.717, 1.165) is 29.5 Å². The van der Waals surface area contributed by atoms with Crippen LogP contribution in [0, 0.1) is 0 Å². The number of hydrogen-bond donors (Lipinski definition) is 0. The molecule has 0 heterocycles. The predicted octanol–water partition coefficient (Wildman–Crippen LogP) is 8.32. The van der Waals surface area contributed by atoms with Crippen molar-refractivity contribution in [1.29, 1.82) is 0 Å². The van der Waals surface area contributed by atoms with Crippen LogP contribution >= 0.6 is 0 Å². The molecule has 5 rings (SSSR count). The zero-order chi connectivity index (χ0) is 29.0. The van der Waals surface area contributed by atoms with Crippen LogP contribution in [-0.2, 0) is 33.4 Å². The molecule has 0 saturated heterocycles. The highest BCUT2D eigenvalue weighted by atomic mass is 16.5. The zero-order valence-electron chi connectivity index (χ0n) is 24.4. The summed E-state index contributed by atoms with van der Waals surface area (Å²) in [4.78, 5) is 26.0. The van der Waals surface area contributed by atoms with Gasteiger partial charge in [-0.1, -0.05) is 107 Å². The van der Waals surface area contributed by atoms with Crippen LogP contribution in [0.3, 0.4) is 0 Å². The van der Waals surface area contributed by atoms with Gasteiger partial charge in [-0.15, -0.1) is 0 Å². The van der Waals surface area contributed by atoms with Gasteiger partial charge in [-0.3, -0.25) is 4.79 Å². The summed E-state index contributed by atoms with van der Waals surface area (Å²) in [5.41, 5.74) is 6.23. The molecule has 1 atom stereocenters. The van der Waals surface area contributed by atoms with Gasteiger partial charge in [0, 0.05) is 0 Å². The lowest BCUT2D eigenvalue weighted by Crippen LogP contribution is -2.34. The van der Waals surface area contributed by atoms with Gasteiger partial charge < -0.3 is 9.47 Å². The summed E-state index contributed by atoms with van der Waals surface area (Å²) in [6.07, 6.45) is 2.80. The first-order chi connectivity index (χ1) is 19.6. The second-order valence-electron chi connectivity index (χ2n) is 12.3. The minimum atomic E-state index is -0.449. The molecule has 0 N–H and O–H groups in total.